The standard InChI is InChI=1S/C19H30N2O3/c1-5-8-15-17(13(3)22)12(2)20-18(15)19(24)21(4)11-14-9-6-7-10-16(14)23/h14,16,20,23H,5-11H2,1-4H3. The molecule has 1 heterocycles. The molecule has 1 aliphatic carbocycles. The summed E-state index contributed by atoms with van der Waals surface area (Å²) in [5.41, 5.74) is 2.79. The summed E-state index contributed by atoms with van der Waals surface area (Å²) in [4.78, 5) is 29.7. The molecule has 134 valence electrons. The van der Waals surface area contributed by atoms with Crippen LogP contribution in [0.3, 0.4) is 0 Å². The maximum absolute atomic E-state index is 12.9. The van der Waals surface area contributed by atoms with E-state index in [9.17, 15) is 14.7 Å². The number of hydrogen-bond acceptors (Lipinski definition) is 3. The second-order valence-electron chi connectivity index (χ2n) is 7.08. The first-order valence-corrected chi connectivity index (χ1v) is 9.02. The predicted octanol–water partition coefficient (Wildman–Crippen LogP) is 3.10. The van der Waals surface area contributed by atoms with Crippen LogP contribution in [-0.2, 0) is 6.42 Å². The molecule has 5 heteroatoms. The molecule has 0 bridgehead atoms. The van der Waals surface area contributed by atoms with Crippen LogP contribution in [0.15, 0.2) is 0 Å². The van der Waals surface area contributed by atoms with E-state index in [-0.39, 0.29) is 23.7 Å². The van der Waals surface area contributed by atoms with E-state index in [0.29, 0.717) is 24.2 Å². The summed E-state index contributed by atoms with van der Waals surface area (Å²) >= 11 is 0. The van der Waals surface area contributed by atoms with Crippen LogP contribution in [0.25, 0.3) is 0 Å². The molecule has 24 heavy (non-hydrogen) atoms. The van der Waals surface area contributed by atoms with E-state index < -0.39 is 0 Å². The fourth-order valence-corrected chi connectivity index (χ4v) is 3.86. The highest BCUT2D eigenvalue weighted by Crippen LogP contribution is 2.26. The zero-order valence-electron chi connectivity index (χ0n) is 15.3. The summed E-state index contributed by atoms with van der Waals surface area (Å²) in [7, 11) is 1.78. The number of carbonyl (C=O) groups is 2. The lowest BCUT2D eigenvalue weighted by Gasteiger charge is -2.31. The average Bonchev–Trinajstić information content (AvgIpc) is 2.85. The SMILES string of the molecule is CCCc1c(C(=O)N(C)CC2CCCCC2O)[nH]c(C)c1C(C)=O. The molecular weight excluding hydrogens is 304 g/mol. The molecule has 2 unspecified atom stereocenters. The van der Waals surface area contributed by atoms with E-state index in [1.165, 1.54) is 0 Å². The largest absolute Gasteiger partial charge is 0.393 e. The Morgan fingerprint density at radius 3 is 2.54 bits per heavy atom. The Hall–Kier alpha value is -1.62. The first kappa shape index (κ1) is 18.7. The van der Waals surface area contributed by atoms with E-state index in [2.05, 4.69) is 4.98 Å². The van der Waals surface area contributed by atoms with Gasteiger partial charge < -0.3 is 15.0 Å². The third-order valence-electron chi connectivity index (χ3n) is 5.08. The molecule has 2 rings (SSSR count). The van der Waals surface area contributed by atoms with E-state index in [0.717, 1.165) is 43.4 Å². The Bertz CT molecular complexity index is 606. The number of aromatic nitrogens is 1. The van der Waals surface area contributed by atoms with Crippen molar-refractivity contribution in [3.8, 4) is 0 Å². The monoisotopic (exact) mass is 334 g/mol. The lowest BCUT2D eigenvalue weighted by Crippen LogP contribution is -2.38. The van der Waals surface area contributed by atoms with Gasteiger partial charge in [0.05, 0.1) is 6.10 Å². The van der Waals surface area contributed by atoms with Gasteiger partial charge in [-0.1, -0.05) is 26.2 Å². The van der Waals surface area contributed by atoms with E-state index >= 15 is 0 Å². The number of aliphatic hydroxyl groups excluding tert-OH is 1. The predicted molar refractivity (Wildman–Crippen MR) is 94.5 cm³/mol. The molecular formula is C19H30N2O3. The van der Waals surface area contributed by atoms with Crippen LogP contribution >= 0.6 is 0 Å². The van der Waals surface area contributed by atoms with Crippen molar-refractivity contribution >= 4 is 11.7 Å². The summed E-state index contributed by atoms with van der Waals surface area (Å²) in [6.45, 7) is 5.99. The first-order chi connectivity index (χ1) is 11.4. The van der Waals surface area contributed by atoms with Crippen molar-refractivity contribution < 1.29 is 14.7 Å². The number of Topliss-reactive ketones (excluding diaryl/α,β-unsaturated/α-hetero) is 1. The lowest BCUT2D eigenvalue weighted by atomic mass is 9.86. The van der Waals surface area contributed by atoms with Crippen molar-refractivity contribution in [1.29, 1.82) is 0 Å². The number of nitrogens with zero attached hydrogens (tertiary/aromatic N) is 1. The molecule has 0 saturated heterocycles. The Labute approximate surface area is 144 Å². The van der Waals surface area contributed by atoms with Gasteiger partial charge >= 0.3 is 0 Å². The Balaban J connectivity index is 2.21. The smallest absolute Gasteiger partial charge is 0.270 e. The Kier molecular flexibility index (Phi) is 6.21. The molecule has 1 aliphatic rings. The van der Waals surface area contributed by atoms with Gasteiger partial charge in [-0.05, 0) is 38.7 Å². The van der Waals surface area contributed by atoms with Crippen LogP contribution in [0.4, 0.5) is 0 Å². The van der Waals surface area contributed by atoms with E-state index in [4.69, 9.17) is 0 Å². The zero-order valence-corrected chi connectivity index (χ0v) is 15.3. The molecule has 2 N–H and O–H groups in total. The number of ketones is 1. The molecule has 2 atom stereocenters. The minimum atomic E-state index is -0.317. The van der Waals surface area contributed by atoms with Crippen molar-refractivity contribution in [2.75, 3.05) is 13.6 Å². The molecule has 0 aliphatic heterocycles. The molecule has 5 nitrogen and oxygen atoms in total. The molecule has 1 aromatic rings. The average molecular weight is 334 g/mol. The number of carbonyl (C=O) groups excluding carboxylic acids is 2. The number of aromatic amines is 1. The van der Waals surface area contributed by atoms with Crippen LogP contribution in [0.1, 0.15) is 78.1 Å². The number of H-pyrrole nitrogens is 1. The summed E-state index contributed by atoms with van der Waals surface area (Å²) in [6.07, 6.45) is 5.23. The summed E-state index contributed by atoms with van der Waals surface area (Å²) in [5, 5.41) is 10.1. The van der Waals surface area contributed by atoms with Crippen molar-refractivity contribution in [2.24, 2.45) is 5.92 Å². The van der Waals surface area contributed by atoms with Gasteiger partial charge in [0, 0.05) is 30.8 Å². The number of nitrogens with one attached hydrogen (secondary N) is 1. The van der Waals surface area contributed by atoms with Crippen molar-refractivity contribution in [1.82, 2.24) is 9.88 Å². The number of aryl methyl sites for hydroxylation is 1. The van der Waals surface area contributed by atoms with Gasteiger partial charge in [0.15, 0.2) is 5.78 Å². The summed E-state index contributed by atoms with van der Waals surface area (Å²) in [6, 6.07) is 0. The van der Waals surface area contributed by atoms with E-state index in [1.54, 1.807) is 18.9 Å². The van der Waals surface area contributed by atoms with Crippen LogP contribution in [-0.4, -0.2) is 46.4 Å². The molecule has 1 amide bonds. The maximum atomic E-state index is 12.9. The van der Waals surface area contributed by atoms with E-state index in [1.807, 2.05) is 13.8 Å². The normalized spacial score (nSPS) is 20.9. The Morgan fingerprint density at radius 1 is 1.29 bits per heavy atom. The van der Waals surface area contributed by atoms with Crippen molar-refractivity contribution in [3.05, 3.63) is 22.5 Å². The molecule has 1 fully saturated rings. The summed E-state index contributed by atoms with van der Waals surface area (Å²) < 4.78 is 0. The van der Waals surface area contributed by atoms with Gasteiger partial charge in [-0.15, -0.1) is 0 Å². The number of hydrogen-bond donors (Lipinski definition) is 2. The van der Waals surface area contributed by atoms with Gasteiger partial charge in [0.2, 0.25) is 0 Å². The van der Waals surface area contributed by atoms with Gasteiger partial charge in [-0.2, -0.15) is 0 Å². The van der Waals surface area contributed by atoms with Crippen LogP contribution in [0, 0.1) is 12.8 Å². The molecule has 0 spiro atoms. The van der Waals surface area contributed by atoms with Crippen LogP contribution < -0.4 is 0 Å². The van der Waals surface area contributed by atoms with Gasteiger partial charge in [0.1, 0.15) is 5.69 Å². The molecule has 0 radical (unpaired) electrons. The lowest BCUT2D eigenvalue weighted by molar-refractivity contribution is 0.0448. The summed E-state index contributed by atoms with van der Waals surface area (Å²) in [5.74, 6) is 0.0501. The number of aliphatic hydroxyl groups is 1. The van der Waals surface area contributed by atoms with Gasteiger partial charge in [-0.25, -0.2) is 0 Å². The number of amides is 1. The third-order valence-corrected chi connectivity index (χ3v) is 5.08. The van der Waals surface area contributed by atoms with Crippen LogP contribution in [0.2, 0.25) is 0 Å². The van der Waals surface area contributed by atoms with Crippen molar-refractivity contribution in [3.63, 3.8) is 0 Å². The fourth-order valence-electron chi connectivity index (χ4n) is 3.86. The van der Waals surface area contributed by atoms with Gasteiger partial charge in [0.25, 0.3) is 5.91 Å². The van der Waals surface area contributed by atoms with Crippen LogP contribution in [0.5, 0.6) is 0 Å². The topological polar surface area (TPSA) is 73.4 Å². The molecule has 0 aromatic carbocycles. The number of rotatable bonds is 6. The highest BCUT2D eigenvalue weighted by Gasteiger charge is 2.28. The highest BCUT2D eigenvalue weighted by atomic mass is 16.3. The van der Waals surface area contributed by atoms with Crippen molar-refractivity contribution in [2.45, 2.75) is 65.4 Å². The molecule has 1 saturated carbocycles. The first-order valence-electron chi connectivity index (χ1n) is 9.02. The minimum Gasteiger partial charge on any atom is -0.393 e. The highest BCUT2D eigenvalue weighted by molar-refractivity contribution is 6.02. The van der Waals surface area contributed by atoms with Gasteiger partial charge in [-0.3, -0.25) is 9.59 Å². The third kappa shape index (κ3) is 3.89. The minimum absolute atomic E-state index is 0.00314. The second-order valence-corrected chi connectivity index (χ2v) is 7.08. The fraction of sp³-hybridized carbons (Fsp3) is 0.684. The Morgan fingerprint density at radius 2 is 1.96 bits per heavy atom. The quantitative estimate of drug-likeness (QED) is 0.785. The zero-order chi connectivity index (χ0) is 17.9. The maximum Gasteiger partial charge on any atom is 0.270 e. The second kappa shape index (κ2) is 7.97. The molecule has 1 aromatic heterocycles.